The molecule has 1 aromatic rings. The summed E-state index contributed by atoms with van der Waals surface area (Å²) in [4.78, 5) is 15.9. The molecule has 0 saturated heterocycles. The molecule has 0 saturated carbocycles. The number of nitrogens with zero attached hydrogens (tertiary/aromatic N) is 2. The van der Waals surface area contributed by atoms with E-state index in [0.29, 0.717) is 16.5 Å². The molecule has 1 N–H and O–H groups in total. The molecule has 1 aromatic carbocycles. The van der Waals surface area contributed by atoms with E-state index in [1.165, 1.54) is 22.4 Å². The van der Waals surface area contributed by atoms with Crippen molar-refractivity contribution >= 4 is 11.6 Å². The van der Waals surface area contributed by atoms with Gasteiger partial charge in [0.25, 0.3) is 5.56 Å². The fraction of sp³-hybridized carbons (Fsp3) is 0.294. The highest BCUT2D eigenvalue weighted by molar-refractivity contribution is 6.30. The number of aromatic amines is 1. The minimum Gasteiger partial charge on any atom is -0.364 e. The van der Waals surface area contributed by atoms with E-state index in [4.69, 9.17) is 11.6 Å². The molecule has 22 heavy (non-hydrogen) atoms. The van der Waals surface area contributed by atoms with Crippen LogP contribution >= 0.6 is 11.6 Å². The number of benzene rings is 1. The van der Waals surface area contributed by atoms with Crippen LogP contribution in [0, 0.1) is 5.92 Å². The second-order valence-corrected chi connectivity index (χ2v) is 6.49. The molecule has 5 heteroatoms. The maximum atomic E-state index is 12.6. The van der Waals surface area contributed by atoms with Gasteiger partial charge in [0.05, 0.1) is 11.3 Å². The predicted octanol–water partition coefficient (Wildman–Crippen LogP) is 3.44. The summed E-state index contributed by atoms with van der Waals surface area (Å²) in [6.45, 7) is 2.25. The van der Waals surface area contributed by atoms with Crippen LogP contribution in [0.3, 0.4) is 0 Å². The summed E-state index contributed by atoms with van der Waals surface area (Å²) in [5, 5.41) is 5.25. The molecule has 0 radical (unpaired) electrons. The Morgan fingerprint density at radius 1 is 1.32 bits per heavy atom. The van der Waals surface area contributed by atoms with Gasteiger partial charge in [-0.2, -0.15) is 9.78 Å². The van der Waals surface area contributed by atoms with Crippen molar-refractivity contribution in [1.29, 1.82) is 0 Å². The lowest BCUT2D eigenvalue weighted by molar-refractivity contribution is 0.494. The van der Waals surface area contributed by atoms with Crippen LogP contribution in [-0.4, -0.2) is 14.8 Å². The first-order valence-electron chi connectivity index (χ1n) is 7.51. The number of H-pyrrole nitrogens is 1. The molecule has 2 aliphatic heterocycles. The Labute approximate surface area is 133 Å². The summed E-state index contributed by atoms with van der Waals surface area (Å²) >= 11 is 5.92. The minimum absolute atomic E-state index is 0.0883. The van der Waals surface area contributed by atoms with E-state index in [1.54, 1.807) is 18.3 Å². The van der Waals surface area contributed by atoms with Crippen LogP contribution in [0.5, 0.6) is 0 Å². The van der Waals surface area contributed by atoms with Crippen LogP contribution in [0.2, 0.25) is 5.02 Å². The monoisotopic (exact) mass is 313 g/mol. The lowest BCUT2D eigenvalue weighted by atomic mass is 9.86. The second kappa shape index (κ2) is 4.99. The summed E-state index contributed by atoms with van der Waals surface area (Å²) in [7, 11) is 0. The lowest BCUT2D eigenvalue weighted by Crippen LogP contribution is -2.16. The average Bonchev–Trinajstić information content (AvgIpc) is 2.86. The highest BCUT2D eigenvalue weighted by Crippen LogP contribution is 2.31. The Balaban J connectivity index is 1.93. The van der Waals surface area contributed by atoms with Crippen molar-refractivity contribution in [3.8, 4) is 16.9 Å². The summed E-state index contributed by atoms with van der Waals surface area (Å²) in [5.41, 5.74) is 4.55. The fourth-order valence-electron chi connectivity index (χ4n) is 3.20. The molecule has 1 atom stereocenters. The first-order chi connectivity index (χ1) is 10.6. The smallest absolute Gasteiger partial charge is 0.282 e. The topological polar surface area (TPSA) is 50.7 Å². The summed E-state index contributed by atoms with van der Waals surface area (Å²) < 4.78 is 1.47. The number of hydrogen-bond acceptors (Lipinski definition) is 2. The molecule has 4 nitrogen and oxygen atoms in total. The first kappa shape index (κ1) is 13.6. The second-order valence-electron chi connectivity index (χ2n) is 6.05. The van der Waals surface area contributed by atoms with Gasteiger partial charge in [-0.1, -0.05) is 18.5 Å². The number of fused-ring (bicyclic) bond motifs is 3. The third-order valence-electron chi connectivity index (χ3n) is 4.43. The summed E-state index contributed by atoms with van der Waals surface area (Å²) in [5.74, 6) is 0.627. The van der Waals surface area contributed by atoms with Crippen molar-refractivity contribution in [2.24, 2.45) is 5.92 Å². The maximum absolute atomic E-state index is 12.6. The molecule has 1 aliphatic carbocycles. The van der Waals surface area contributed by atoms with Gasteiger partial charge in [0, 0.05) is 16.9 Å². The fourth-order valence-corrected chi connectivity index (χ4v) is 3.32. The number of pyridine rings is 1. The molecule has 0 bridgehead atoms. The molecule has 3 aliphatic rings. The van der Waals surface area contributed by atoms with Crippen molar-refractivity contribution in [3.63, 3.8) is 0 Å². The van der Waals surface area contributed by atoms with Gasteiger partial charge in [-0.25, -0.2) is 0 Å². The Morgan fingerprint density at radius 3 is 2.86 bits per heavy atom. The third kappa shape index (κ3) is 2.06. The van der Waals surface area contributed by atoms with Gasteiger partial charge in [0.1, 0.15) is 5.69 Å². The quantitative estimate of drug-likeness (QED) is 0.748. The van der Waals surface area contributed by atoms with Crippen LogP contribution in [0.4, 0.5) is 0 Å². The zero-order chi connectivity index (χ0) is 15.3. The van der Waals surface area contributed by atoms with Gasteiger partial charge < -0.3 is 4.98 Å². The van der Waals surface area contributed by atoms with Gasteiger partial charge in [-0.3, -0.25) is 4.79 Å². The molecule has 0 amide bonds. The molecular formula is C17H16ClN3O. The zero-order valence-corrected chi connectivity index (χ0v) is 13.0. The zero-order valence-electron chi connectivity index (χ0n) is 12.3. The maximum Gasteiger partial charge on any atom is 0.282 e. The highest BCUT2D eigenvalue weighted by Gasteiger charge is 2.25. The van der Waals surface area contributed by atoms with Crippen LogP contribution < -0.4 is 5.56 Å². The standard InChI is InChI=1S/C17H16ClN3O/c1-10-2-7-15-13(8-10)16-14(9-19-15)17(22)21(20-16)12-5-3-11(18)4-6-12/h3-6,9-10,19H,2,7-8H2,1H3. The number of rotatable bonds is 1. The minimum atomic E-state index is -0.0883. The Bertz CT molecular complexity index is 863. The Hall–Kier alpha value is -2.07. The summed E-state index contributed by atoms with van der Waals surface area (Å²) in [6, 6.07) is 7.17. The SMILES string of the molecule is CC1CCc2[nH]cc3c(=O)n(-c4ccc(Cl)cc4)nc-3c2C1. The van der Waals surface area contributed by atoms with Gasteiger partial charge in [0.2, 0.25) is 0 Å². The normalized spacial score (nSPS) is 17.6. The predicted molar refractivity (Wildman–Crippen MR) is 87.0 cm³/mol. The molecular weight excluding hydrogens is 298 g/mol. The molecule has 112 valence electrons. The van der Waals surface area contributed by atoms with E-state index in [9.17, 15) is 4.79 Å². The van der Waals surface area contributed by atoms with Gasteiger partial charge in [-0.05, 0) is 55.0 Å². The van der Waals surface area contributed by atoms with Crippen LogP contribution in [0.1, 0.15) is 24.6 Å². The Morgan fingerprint density at radius 2 is 2.09 bits per heavy atom. The number of hydrogen-bond donors (Lipinski definition) is 1. The van der Waals surface area contributed by atoms with E-state index in [0.717, 1.165) is 24.2 Å². The van der Waals surface area contributed by atoms with Gasteiger partial charge in [-0.15, -0.1) is 0 Å². The van der Waals surface area contributed by atoms with Crippen molar-refractivity contribution in [1.82, 2.24) is 14.8 Å². The van der Waals surface area contributed by atoms with Crippen molar-refractivity contribution in [3.05, 3.63) is 57.1 Å². The molecule has 0 fully saturated rings. The molecule has 0 spiro atoms. The Kier molecular flexibility index (Phi) is 3.08. The largest absolute Gasteiger partial charge is 0.364 e. The number of halogens is 1. The number of aromatic nitrogens is 3. The number of aryl methyl sites for hydroxylation is 1. The van der Waals surface area contributed by atoms with Crippen LogP contribution in [-0.2, 0) is 12.8 Å². The average molecular weight is 314 g/mol. The highest BCUT2D eigenvalue weighted by atomic mass is 35.5. The van der Waals surface area contributed by atoms with Gasteiger partial charge in [0.15, 0.2) is 0 Å². The van der Waals surface area contributed by atoms with E-state index >= 15 is 0 Å². The van der Waals surface area contributed by atoms with E-state index in [1.807, 2.05) is 12.1 Å². The molecule has 2 heterocycles. The van der Waals surface area contributed by atoms with Gasteiger partial charge >= 0.3 is 0 Å². The van der Waals surface area contributed by atoms with E-state index in [-0.39, 0.29) is 5.56 Å². The van der Waals surface area contributed by atoms with Crippen molar-refractivity contribution < 1.29 is 0 Å². The number of nitrogens with one attached hydrogen (secondary N) is 1. The first-order valence-corrected chi connectivity index (χ1v) is 7.89. The molecule has 0 aromatic heterocycles. The molecule has 1 unspecified atom stereocenters. The lowest BCUT2D eigenvalue weighted by Gasteiger charge is -2.22. The van der Waals surface area contributed by atoms with Crippen molar-refractivity contribution in [2.75, 3.05) is 0 Å². The van der Waals surface area contributed by atoms with Crippen LogP contribution in [0.25, 0.3) is 16.9 Å². The van der Waals surface area contributed by atoms with Crippen molar-refractivity contribution in [2.45, 2.75) is 26.2 Å². The van der Waals surface area contributed by atoms with E-state index in [2.05, 4.69) is 17.0 Å². The third-order valence-corrected chi connectivity index (χ3v) is 4.68. The van der Waals surface area contributed by atoms with E-state index < -0.39 is 0 Å². The van der Waals surface area contributed by atoms with Crippen LogP contribution in [0.15, 0.2) is 35.3 Å². The summed E-state index contributed by atoms with van der Waals surface area (Å²) in [6.07, 6.45) is 4.97. The molecule has 4 rings (SSSR count).